The number of aryl methyl sites for hydroxylation is 1. The van der Waals surface area contributed by atoms with E-state index in [2.05, 4.69) is 4.98 Å². The van der Waals surface area contributed by atoms with Gasteiger partial charge >= 0.3 is 5.97 Å². The fourth-order valence-corrected chi connectivity index (χ4v) is 0.679. The van der Waals surface area contributed by atoms with Crippen LogP contribution in [0.25, 0.3) is 0 Å². The van der Waals surface area contributed by atoms with E-state index < -0.39 is 5.97 Å². The van der Waals surface area contributed by atoms with Gasteiger partial charge in [0.2, 0.25) is 0 Å². The largest absolute Gasteiger partial charge is 0.478 e. The first kappa shape index (κ1) is 10.6. The zero-order valence-corrected chi connectivity index (χ0v) is 7.53. The van der Waals surface area contributed by atoms with Crippen LogP contribution < -0.4 is 0 Å². The Morgan fingerprint density at radius 2 is 2.08 bits per heavy atom. The Bertz CT molecular complexity index is 258. The van der Waals surface area contributed by atoms with Gasteiger partial charge in [-0.1, -0.05) is 13.8 Å². The molecule has 0 spiro atoms. The van der Waals surface area contributed by atoms with E-state index in [0.29, 0.717) is 0 Å². The predicted molar refractivity (Wildman–Crippen MR) is 47.3 cm³/mol. The molecule has 0 atom stereocenters. The van der Waals surface area contributed by atoms with Gasteiger partial charge in [-0.3, -0.25) is 4.98 Å². The average Bonchev–Trinajstić information content (AvgIpc) is 2.08. The predicted octanol–water partition coefficient (Wildman–Crippen LogP) is 2.11. The van der Waals surface area contributed by atoms with E-state index in [0.717, 1.165) is 5.69 Å². The smallest absolute Gasteiger partial charge is 0.335 e. The van der Waals surface area contributed by atoms with E-state index in [1.807, 2.05) is 13.8 Å². The third-order valence-electron chi connectivity index (χ3n) is 1.14. The molecule has 1 aromatic heterocycles. The molecule has 0 unspecified atom stereocenters. The molecule has 0 aromatic carbocycles. The number of carboxylic acid groups (broad SMARTS) is 1. The summed E-state index contributed by atoms with van der Waals surface area (Å²) >= 11 is 0. The van der Waals surface area contributed by atoms with Crippen LogP contribution in [-0.4, -0.2) is 16.1 Å². The quantitative estimate of drug-likeness (QED) is 0.696. The van der Waals surface area contributed by atoms with E-state index >= 15 is 0 Å². The summed E-state index contributed by atoms with van der Waals surface area (Å²) in [6.07, 6.45) is 1.48. The number of carbonyl (C=O) groups is 1. The maximum absolute atomic E-state index is 10.3. The molecule has 66 valence electrons. The fraction of sp³-hybridized carbons (Fsp3) is 0.333. The van der Waals surface area contributed by atoms with Crippen molar-refractivity contribution < 1.29 is 9.90 Å². The number of hydrogen-bond acceptors (Lipinski definition) is 2. The molecule has 3 heteroatoms. The van der Waals surface area contributed by atoms with Crippen molar-refractivity contribution in [3.05, 3.63) is 29.6 Å². The molecule has 0 saturated carbocycles. The SMILES string of the molecule is CC.Cc1cc(C(=O)O)ccn1. The second-order valence-electron chi connectivity index (χ2n) is 1.99. The molecule has 0 saturated heterocycles. The summed E-state index contributed by atoms with van der Waals surface area (Å²) in [7, 11) is 0. The highest BCUT2D eigenvalue weighted by Gasteiger charge is 2.00. The highest BCUT2D eigenvalue weighted by molar-refractivity contribution is 5.87. The molecule has 0 aliphatic carbocycles. The van der Waals surface area contributed by atoms with Gasteiger partial charge in [-0.05, 0) is 19.1 Å². The summed E-state index contributed by atoms with van der Waals surface area (Å²) in [5.74, 6) is -0.912. The van der Waals surface area contributed by atoms with E-state index in [4.69, 9.17) is 5.11 Å². The Kier molecular flexibility index (Phi) is 4.69. The van der Waals surface area contributed by atoms with E-state index in [-0.39, 0.29) is 5.56 Å². The molecule has 1 aromatic rings. The maximum Gasteiger partial charge on any atom is 0.335 e. The fourth-order valence-electron chi connectivity index (χ4n) is 0.679. The lowest BCUT2D eigenvalue weighted by atomic mass is 10.2. The monoisotopic (exact) mass is 167 g/mol. The topological polar surface area (TPSA) is 50.2 Å². The number of pyridine rings is 1. The maximum atomic E-state index is 10.3. The van der Waals surface area contributed by atoms with Crippen LogP contribution in [0, 0.1) is 6.92 Å². The van der Waals surface area contributed by atoms with Gasteiger partial charge in [-0.15, -0.1) is 0 Å². The van der Waals surface area contributed by atoms with E-state index in [1.165, 1.54) is 18.3 Å². The molecule has 1 heterocycles. The molecular formula is C9H13NO2. The first-order chi connectivity index (χ1) is 5.70. The lowest BCUT2D eigenvalue weighted by Crippen LogP contribution is -1.96. The van der Waals surface area contributed by atoms with Gasteiger partial charge in [0.15, 0.2) is 0 Å². The van der Waals surface area contributed by atoms with Crippen molar-refractivity contribution >= 4 is 5.97 Å². The molecule has 0 bridgehead atoms. The van der Waals surface area contributed by atoms with Gasteiger partial charge < -0.3 is 5.11 Å². The van der Waals surface area contributed by atoms with Crippen LogP contribution in [0.1, 0.15) is 29.9 Å². The summed E-state index contributed by atoms with van der Waals surface area (Å²) in [4.78, 5) is 14.2. The van der Waals surface area contributed by atoms with Gasteiger partial charge in [-0.2, -0.15) is 0 Å². The summed E-state index contributed by atoms with van der Waals surface area (Å²) in [6, 6.07) is 3.00. The molecule has 0 amide bonds. The summed E-state index contributed by atoms with van der Waals surface area (Å²) in [5.41, 5.74) is 1.01. The highest BCUT2D eigenvalue weighted by atomic mass is 16.4. The molecule has 0 fully saturated rings. The zero-order valence-electron chi connectivity index (χ0n) is 7.53. The van der Waals surface area contributed by atoms with Gasteiger partial charge in [0, 0.05) is 11.9 Å². The molecular weight excluding hydrogens is 154 g/mol. The average molecular weight is 167 g/mol. The summed E-state index contributed by atoms with van der Waals surface area (Å²) in [5, 5.41) is 8.48. The normalized spacial score (nSPS) is 8.25. The molecule has 1 N–H and O–H groups in total. The van der Waals surface area contributed by atoms with E-state index in [9.17, 15) is 4.79 Å². The standard InChI is InChI=1S/C7H7NO2.C2H6/c1-5-4-6(7(9)10)2-3-8-5;1-2/h2-4H,1H3,(H,9,10);1-2H3. The van der Waals surface area contributed by atoms with Gasteiger partial charge in [0.1, 0.15) is 0 Å². The number of hydrogen-bond donors (Lipinski definition) is 1. The Balaban J connectivity index is 0.000000561. The van der Waals surface area contributed by atoms with Gasteiger partial charge in [0.25, 0.3) is 0 Å². The number of aromatic nitrogens is 1. The van der Waals surface area contributed by atoms with Crippen molar-refractivity contribution in [2.75, 3.05) is 0 Å². The minimum Gasteiger partial charge on any atom is -0.478 e. The van der Waals surface area contributed by atoms with Crippen LogP contribution in [0.3, 0.4) is 0 Å². The second kappa shape index (κ2) is 5.29. The first-order valence-electron chi connectivity index (χ1n) is 3.86. The third-order valence-corrected chi connectivity index (χ3v) is 1.14. The number of aromatic carboxylic acids is 1. The zero-order chi connectivity index (χ0) is 9.56. The highest BCUT2D eigenvalue weighted by Crippen LogP contribution is 1.99. The Morgan fingerprint density at radius 3 is 2.42 bits per heavy atom. The number of carboxylic acids is 1. The van der Waals surface area contributed by atoms with Crippen molar-refractivity contribution in [3.8, 4) is 0 Å². The molecule has 0 aliphatic heterocycles. The summed E-state index contributed by atoms with van der Waals surface area (Å²) in [6.45, 7) is 5.76. The van der Waals surface area contributed by atoms with Crippen molar-refractivity contribution in [1.82, 2.24) is 4.98 Å². The van der Waals surface area contributed by atoms with Crippen LogP contribution in [0.5, 0.6) is 0 Å². The van der Waals surface area contributed by atoms with Crippen LogP contribution in [0.15, 0.2) is 18.3 Å². The first-order valence-corrected chi connectivity index (χ1v) is 3.86. The lowest BCUT2D eigenvalue weighted by molar-refractivity contribution is 0.0696. The van der Waals surface area contributed by atoms with Crippen LogP contribution in [-0.2, 0) is 0 Å². The van der Waals surface area contributed by atoms with Crippen molar-refractivity contribution in [3.63, 3.8) is 0 Å². The molecule has 1 rings (SSSR count). The van der Waals surface area contributed by atoms with Crippen molar-refractivity contribution in [2.45, 2.75) is 20.8 Å². The third kappa shape index (κ3) is 3.14. The van der Waals surface area contributed by atoms with E-state index in [1.54, 1.807) is 6.92 Å². The van der Waals surface area contributed by atoms with Crippen LogP contribution in [0.2, 0.25) is 0 Å². The minimum absolute atomic E-state index is 0.285. The molecule has 12 heavy (non-hydrogen) atoms. The second-order valence-corrected chi connectivity index (χ2v) is 1.99. The molecule has 0 radical (unpaired) electrons. The lowest BCUT2D eigenvalue weighted by Gasteiger charge is -1.92. The van der Waals surface area contributed by atoms with Crippen molar-refractivity contribution in [2.24, 2.45) is 0 Å². The molecule has 3 nitrogen and oxygen atoms in total. The van der Waals surface area contributed by atoms with Crippen LogP contribution in [0.4, 0.5) is 0 Å². The Hall–Kier alpha value is -1.38. The Morgan fingerprint density at radius 1 is 1.50 bits per heavy atom. The van der Waals surface area contributed by atoms with Gasteiger partial charge in [0.05, 0.1) is 5.56 Å². The van der Waals surface area contributed by atoms with Crippen molar-refractivity contribution in [1.29, 1.82) is 0 Å². The van der Waals surface area contributed by atoms with Gasteiger partial charge in [-0.25, -0.2) is 4.79 Å². The number of nitrogens with zero attached hydrogens (tertiary/aromatic N) is 1. The number of rotatable bonds is 1. The van der Waals surface area contributed by atoms with Crippen LogP contribution >= 0.6 is 0 Å². The minimum atomic E-state index is -0.912. The summed E-state index contributed by atoms with van der Waals surface area (Å²) < 4.78 is 0. The molecule has 0 aliphatic rings. The Labute approximate surface area is 72.1 Å².